The first kappa shape index (κ1) is 11.0. The number of hydrogen-bond donors (Lipinski definition) is 1. The first-order valence-electron chi connectivity index (χ1n) is 4.98. The fourth-order valence-electron chi connectivity index (χ4n) is 1.72. The summed E-state index contributed by atoms with van der Waals surface area (Å²) in [5.41, 5.74) is 0.847. The van der Waals surface area contributed by atoms with Gasteiger partial charge in [0.25, 0.3) is 0 Å². The van der Waals surface area contributed by atoms with Gasteiger partial charge in [-0.2, -0.15) is 13.2 Å². The molecule has 0 atom stereocenters. The molecule has 16 heavy (non-hydrogen) atoms. The van der Waals surface area contributed by atoms with Crippen LogP contribution < -0.4 is 0 Å². The van der Waals surface area contributed by atoms with Crippen molar-refractivity contribution >= 4 is 10.9 Å². The Balaban J connectivity index is 2.78. The second kappa shape index (κ2) is 3.50. The molecule has 0 amide bonds. The molecule has 0 bridgehead atoms. The van der Waals surface area contributed by atoms with Crippen LogP contribution >= 0.6 is 0 Å². The van der Waals surface area contributed by atoms with Crippen molar-refractivity contribution < 1.29 is 13.2 Å². The van der Waals surface area contributed by atoms with Crippen molar-refractivity contribution in [2.24, 2.45) is 0 Å². The van der Waals surface area contributed by atoms with Gasteiger partial charge in [0.15, 0.2) is 5.69 Å². The number of rotatable bonds is 1. The molecule has 0 aromatic carbocycles. The zero-order valence-corrected chi connectivity index (χ0v) is 8.94. The van der Waals surface area contributed by atoms with Crippen LogP contribution in [0.3, 0.4) is 0 Å². The third kappa shape index (κ3) is 1.77. The lowest BCUT2D eigenvalue weighted by Crippen LogP contribution is -2.09. The quantitative estimate of drug-likeness (QED) is 0.795. The normalized spacial score (nSPS) is 12.3. The molecule has 0 unspecified atom stereocenters. The summed E-state index contributed by atoms with van der Waals surface area (Å²) in [6, 6.07) is 3.14. The van der Waals surface area contributed by atoms with Gasteiger partial charge in [-0.1, -0.05) is 6.92 Å². The third-order valence-electron chi connectivity index (χ3n) is 2.44. The number of aromatic nitrogens is 2. The number of aryl methyl sites for hydroxylation is 2. The van der Waals surface area contributed by atoms with Crippen molar-refractivity contribution in [2.45, 2.75) is 26.4 Å². The molecule has 0 aliphatic carbocycles. The maximum absolute atomic E-state index is 12.8. The molecule has 2 rings (SSSR count). The Labute approximate surface area is 90.5 Å². The van der Waals surface area contributed by atoms with Crippen LogP contribution in [-0.2, 0) is 12.6 Å². The molecule has 0 spiro atoms. The number of nitrogens with zero attached hydrogens (tertiary/aromatic N) is 1. The fourth-order valence-corrected chi connectivity index (χ4v) is 1.72. The Morgan fingerprint density at radius 2 is 2.00 bits per heavy atom. The third-order valence-corrected chi connectivity index (χ3v) is 2.44. The van der Waals surface area contributed by atoms with E-state index < -0.39 is 11.9 Å². The van der Waals surface area contributed by atoms with Crippen LogP contribution in [0, 0.1) is 6.92 Å². The van der Waals surface area contributed by atoms with Crippen molar-refractivity contribution in [1.29, 1.82) is 0 Å². The number of H-pyrrole nitrogens is 1. The lowest BCUT2D eigenvalue weighted by atomic mass is 10.2. The molecule has 0 fully saturated rings. The van der Waals surface area contributed by atoms with Gasteiger partial charge < -0.3 is 4.98 Å². The summed E-state index contributed by atoms with van der Waals surface area (Å²) in [7, 11) is 0. The minimum atomic E-state index is -4.40. The average molecular weight is 228 g/mol. The molecule has 2 aromatic heterocycles. The first-order valence-corrected chi connectivity index (χ1v) is 4.98. The highest BCUT2D eigenvalue weighted by Gasteiger charge is 2.35. The maximum atomic E-state index is 12.8. The van der Waals surface area contributed by atoms with Crippen LogP contribution in [0.25, 0.3) is 10.9 Å². The average Bonchev–Trinajstić information content (AvgIpc) is 2.54. The van der Waals surface area contributed by atoms with Gasteiger partial charge in [0.1, 0.15) is 0 Å². The molecule has 2 nitrogen and oxygen atoms in total. The number of nitrogens with one attached hydrogen (secondary N) is 1. The Kier molecular flexibility index (Phi) is 2.40. The largest absolute Gasteiger partial charge is 0.434 e. The van der Waals surface area contributed by atoms with E-state index in [1.807, 2.05) is 0 Å². The lowest BCUT2D eigenvalue weighted by Gasteiger charge is -2.08. The van der Waals surface area contributed by atoms with Crippen LogP contribution in [0.2, 0.25) is 0 Å². The summed E-state index contributed by atoms with van der Waals surface area (Å²) < 4.78 is 38.3. The number of pyridine rings is 1. The Morgan fingerprint density at radius 3 is 2.56 bits per heavy atom. The lowest BCUT2D eigenvalue weighted by molar-refractivity contribution is -0.139. The summed E-state index contributed by atoms with van der Waals surface area (Å²) in [5, 5.41) is 0.141. The molecule has 86 valence electrons. The fraction of sp³-hybridized carbons (Fsp3) is 0.364. The predicted molar refractivity (Wildman–Crippen MR) is 55.2 cm³/mol. The minimum Gasteiger partial charge on any atom is -0.359 e. The molecular formula is C11H11F3N2. The molecule has 2 heterocycles. The van der Waals surface area contributed by atoms with Gasteiger partial charge in [0.2, 0.25) is 0 Å². The standard InChI is InChI=1S/C11H11F3N2/c1-3-7-5-9-8(4-6(2)15-9)10(16-7)11(12,13)14/h4-5,15H,3H2,1-2H3. The van der Waals surface area contributed by atoms with Gasteiger partial charge in [-0.05, 0) is 25.5 Å². The highest BCUT2D eigenvalue weighted by Crippen LogP contribution is 2.34. The second-order valence-electron chi connectivity index (χ2n) is 3.73. The van der Waals surface area contributed by atoms with Gasteiger partial charge in [0.05, 0.1) is 0 Å². The van der Waals surface area contributed by atoms with Crippen LogP contribution in [0.15, 0.2) is 12.1 Å². The summed E-state index contributed by atoms with van der Waals surface area (Å²) in [4.78, 5) is 6.56. The Morgan fingerprint density at radius 1 is 1.31 bits per heavy atom. The SMILES string of the molecule is CCc1cc2[nH]c(C)cc2c(C(F)(F)F)n1. The molecule has 0 saturated heterocycles. The number of halogens is 3. The van der Waals surface area contributed by atoms with Crippen molar-refractivity contribution in [3.05, 3.63) is 29.2 Å². The van der Waals surface area contributed by atoms with Crippen molar-refractivity contribution in [3.8, 4) is 0 Å². The van der Waals surface area contributed by atoms with E-state index in [0.717, 1.165) is 0 Å². The molecular weight excluding hydrogens is 217 g/mol. The van der Waals surface area contributed by atoms with E-state index in [4.69, 9.17) is 0 Å². The zero-order valence-electron chi connectivity index (χ0n) is 8.94. The summed E-state index contributed by atoms with van der Waals surface area (Å²) in [6.07, 6.45) is -3.92. The Bertz CT molecular complexity index is 526. The molecule has 0 saturated carbocycles. The molecule has 0 aliphatic heterocycles. The maximum Gasteiger partial charge on any atom is 0.434 e. The van der Waals surface area contributed by atoms with Crippen molar-refractivity contribution in [2.75, 3.05) is 0 Å². The summed E-state index contributed by atoms with van der Waals surface area (Å²) >= 11 is 0. The molecule has 5 heteroatoms. The second-order valence-corrected chi connectivity index (χ2v) is 3.73. The highest BCUT2D eigenvalue weighted by molar-refractivity contribution is 5.83. The predicted octanol–water partition coefficient (Wildman–Crippen LogP) is 3.45. The van der Waals surface area contributed by atoms with E-state index in [1.165, 1.54) is 6.07 Å². The van der Waals surface area contributed by atoms with Gasteiger partial charge in [-0.15, -0.1) is 0 Å². The molecule has 2 aromatic rings. The van der Waals surface area contributed by atoms with E-state index in [-0.39, 0.29) is 5.39 Å². The Hall–Kier alpha value is -1.52. The molecule has 1 N–H and O–H groups in total. The topological polar surface area (TPSA) is 28.7 Å². The van der Waals surface area contributed by atoms with E-state index in [1.54, 1.807) is 19.9 Å². The number of fused-ring (bicyclic) bond motifs is 1. The van der Waals surface area contributed by atoms with E-state index >= 15 is 0 Å². The van der Waals surface area contributed by atoms with Gasteiger partial charge in [-0.3, -0.25) is 0 Å². The van der Waals surface area contributed by atoms with Gasteiger partial charge >= 0.3 is 6.18 Å². The van der Waals surface area contributed by atoms with Crippen LogP contribution in [0.5, 0.6) is 0 Å². The highest BCUT2D eigenvalue weighted by atomic mass is 19.4. The molecule has 0 aliphatic rings. The van der Waals surface area contributed by atoms with Gasteiger partial charge in [-0.25, -0.2) is 4.98 Å². The summed E-state index contributed by atoms with van der Waals surface area (Å²) in [5.74, 6) is 0. The smallest absolute Gasteiger partial charge is 0.359 e. The van der Waals surface area contributed by atoms with E-state index in [2.05, 4.69) is 9.97 Å². The molecule has 0 radical (unpaired) electrons. The number of hydrogen-bond acceptors (Lipinski definition) is 1. The first-order chi connectivity index (χ1) is 7.41. The zero-order chi connectivity index (χ0) is 11.9. The van der Waals surface area contributed by atoms with E-state index in [0.29, 0.717) is 23.3 Å². The van der Waals surface area contributed by atoms with Crippen LogP contribution in [0.4, 0.5) is 13.2 Å². The van der Waals surface area contributed by atoms with Crippen LogP contribution in [0.1, 0.15) is 24.0 Å². The number of aromatic amines is 1. The summed E-state index contributed by atoms with van der Waals surface area (Å²) in [6.45, 7) is 3.51. The van der Waals surface area contributed by atoms with Gasteiger partial charge in [0, 0.05) is 22.3 Å². The van der Waals surface area contributed by atoms with Crippen molar-refractivity contribution in [3.63, 3.8) is 0 Å². The number of alkyl halides is 3. The monoisotopic (exact) mass is 228 g/mol. The van der Waals surface area contributed by atoms with Crippen LogP contribution in [-0.4, -0.2) is 9.97 Å². The van der Waals surface area contributed by atoms with Crippen molar-refractivity contribution in [1.82, 2.24) is 9.97 Å². The van der Waals surface area contributed by atoms with E-state index in [9.17, 15) is 13.2 Å². The minimum absolute atomic E-state index is 0.141.